The molecule has 2 N–H and O–H groups in total. The summed E-state index contributed by atoms with van der Waals surface area (Å²) in [5, 5.41) is 9.27. The molecule has 0 atom stereocenters. The summed E-state index contributed by atoms with van der Waals surface area (Å²) < 4.78 is 27.0. The molecule has 0 amide bonds. The van der Waals surface area contributed by atoms with Crippen molar-refractivity contribution in [3.8, 4) is 0 Å². The van der Waals surface area contributed by atoms with Gasteiger partial charge in [-0.05, 0) is 18.9 Å². The highest BCUT2D eigenvalue weighted by Crippen LogP contribution is 2.37. The monoisotopic (exact) mass is 343 g/mol. The molecule has 0 aromatic carbocycles. The standard InChI is InChI=1S/C10H11Cl2NO4S2/c11-7-5-6(8(12)18-7)19(16,17)13-10(9(14)15)3-1-2-4-10/h5,13H,1-4H2,(H,14,15). The minimum atomic E-state index is -3.99. The van der Waals surface area contributed by atoms with Crippen LogP contribution in [0.1, 0.15) is 25.7 Å². The van der Waals surface area contributed by atoms with Crippen LogP contribution in [-0.2, 0) is 14.8 Å². The van der Waals surface area contributed by atoms with Gasteiger partial charge in [-0.1, -0.05) is 36.0 Å². The number of hydrogen-bond acceptors (Lipinski definition) is 4. The van der Waals surface area contributed by atoms with Crippen LogP contribution in [0.5, 0.6) is 0 Å². The summed E-state index contributed by atoms with van der Waals surface area (Å²) in [6.07, 6.45) is 1.90. The molecule has 9 heteroatoms. The van der Waals surface area contributed by atoms with Crippen molar-refractivity contribution >= 4 is 50.5 Å². The number of carboxylic acid groups (broad SMARTS) is 1. The molecule has 1 saturated carbocycles. The fourth-order valence-electron chi connectivity index (χ4n) is 2.16. The van der Waals surface area contributed by atoms with E-state index < -0.39 is 21.5 Å². The molecular formula is C10H11Cl2NO4S2. The summed E-state index contributed by atoms with van der Waals surface area (Å²) in [6.45, 7) is 0. The smallest absolute Gasteiger partial charge is 0.324 e. The summed E-state index contributed by atoms with van der Waals surface area (Å²) >= 11 is 12.4. The van der Waals surface area contributed by atoms with Gasteiger partial charge in [0, 0.05) is 0 Å². The molecule has 0 aliphatic heterocycles. The first kappa shape index (κ1) is 15.1. The maximum Gasteiger partial charge on any atom is 0.324 e. The molecule has 0 bridgehead atoms. The number of rotatable bonds is 4. The number of nitrogens with one attached hydrogen (secondary N) is 1. The second kappa shape index (κ2) is 5.21. The highest BCUT2D eigenvalue weighted by Gasteiger charge is 2.45. The van der Waals surface area contributed by atoms with Crippen molar-refractivity contribution in [1.82, 2.24) is 4.72 Å². The van der Waals surface area contributed by atoms with E-state index >= 15 is 0 Å². The molecule has 2 rings (SSSR count). The second-order valence-electron chi connectivity index (χ2n) is 4.39. The number of aliphatic carboxylic acids is 1. The molecule has 0 spiro atoms. The van der Waals surface area contributed by atoms with E-state index in [2.05, 4.69) is 4.72 Å². The number of halogens is 2. The van der Waals surface area contributed by atoms with E-state index in [1.54, 1.807) is 0 Å². The molecule has 106 valence electrons. The summed E-state index contributed by atoms with van der Waals surface area (Å²) in [5.41, 5.74) is -1.43. The summed E-state index contributed by atoms with van der Waals surface area (Å²) in [6, 6.07) is 1.22. The highest BCUT2D eigenvalue weighted by molar-refractivity contribution is 7.90. The van der Waals surface area contributed by atoms with Crippen LogP contribution in [0.25, 0.3) is 0 Å². The summed E-state index contributed by atoms with van der Waals surface area (Å²) in [5.74, 6) is -1.16. The van der Waals surface area contributed by atoms with Crippen LogP contribution in [0.4, 0.5) is 0 Å². The Morgan fingerprint density at radius 3 is 2.37 bits per heavy atom. The number of sulfonamides is 1. The SMILES string of the molecule is O=C(O)C1(NS(=O)(=O)c2cc(Cl)sc2Cl)CCCC1. The summed E-state index contributed by atoms with van der Waals surface area (Å²) in [4.78, 5) is 11.2. The van der Waals surface area contributed by atoms with Gasteiger partial charge in [-0.15, -0.1) is 11.3 Å². The van der Waals surface area contributed by atoms with Crippen LogP contribution in [0.15, 0.2) is 11.0 Å². The van der Waals surface area contributed by atoms with Gasteiger partial charge in [0.2, 0.25) is 10.0 Å². The molecule has 1 aromatic rings. The van der Waals surface area contributed by atoms with Crippen LogP contribution >= 0.6 is 34.5 Å². The Balaban J connectivity index is 2.36. The van der Waals surface area contributed by atoms with Crippen LogP contribution in [-0.4, -0.2) is 25.0 Å². The lowest BCUT2D eigenvalue weighted by Gasteiger charge is -2.24. The largest absolute Gasteiger partial charge is 0.480 e. The first-order valence-electron chi connectivity index (χ1n) is 5.49. The predicted molar refractivity (Wildman–Crippen MR) is 73.5 cm³/mol. The molecule has 0 saturated heterocycles. The van der Waals surface area contributed by atoms with Crippen molar-refractivity contribution in [3.63, 3.8) is 0 Å². The average molecular weight is 344 g/mol. The van der Waals surface area contributed by atoms with E-state index in [1.165, 1.54) is 6.07 Å². The topological polar surface area (TPSA) is 83.5 Å². The minimum absolute atomic E-state index is 0.0241. The third-order valence-electron chi connectivity index (χ3n) is 3.11. The second-order valence-corrected chi connectivity index (χ2v) is 8.32. The van der Waals surface area contributed by atoms with Crippen molar-refractivity contribution in [2.24, 2.45) is 0 Å². The molecule has 0 unspecified atom stereocenters. The van der Waals surface area contributed by atoms with Crippen molar-refractivity contribution < 1.29 is 18.3 Å². The molecule has 5 nitrogen and oxygen atoms in total. The van der Waals surface area contributed by atoms with Gasteiger partial charge < -0.3 is 5.11 Å². The lowest BCUT2D eigenvalue weighted by Crippen LogP contribution is -2.52. The van der Waals surface area contributed by atoms with E-state index in [4.69, 9.17) is 23.2 Å². The average Bonchev–Trinajstić information content (AvgIpc) is 2.86. The Kier molecular flexibility index (Phi) is 4.13. The van der Waals surface area contributed by atoms with Crippen LogP contribution in [0.2, 0.25) is 8.67 Å². The fraction of sp³-hybridized carbons (Fsp3) is 0.500. The number of thiophene rings is 1. The highest BCUT2D eigenvalue weighted by atomic mass is 35.5. The van der Waals surface area contributed by atoms with Gasteiger partial charge >= 0.3 is 5.97 Å². The van der Waals surface area contributed by atoms with Crippen LogP contribution in [0.3, 0.4) is 0 Å². The Morgan fingerprint density at radius 2 is 1.95 bits per heavy atom. The van der Waals surface area contributed by atoms with Crippen molar-refractivity contribution in [2.75, 3.05) is 0 Å². The van der Waals surface area contributed by atoms with Gasteiger partial charge in [-0.2, -0.15) is 4.72 Å². The molecule has 1 aromatic heterocycles. The molecule has 1 aliphatic carbocycles. The fourth-order valence-corrected chi connectivity index (χ4v) is 5.73. The molecule has 1 fully saturated rings. The van der Waals surface area contributed by atoms with Gasteiger partial charge in [-0.25, -0.2) is 8.42 Å². The first-order valence-corrected chi connectivity index (χ1v) is 8.55. The van der Waals surface area contributed by atoms with Crippen molar-refractivity contribution in [3.05, 3.63) is 14.7 Å². The van der Waals surface area contributed by atoms with Crippen LogP contribution < -0.4 is 4.72 Å². The Hall–Kier alpha value is -0.340. The number of hydrogen-bond donors (Lipinski definition) is 2. The maximum absolute atomic E-state index is 12.2. The van der Waals surface area contributed by atoms with Gasteiger partial charge in [0.05, 0.1) is 4.34 Å². The number of carbonyl (C=O) groups is 1. The molecule has 1 heterocycles. The molecule has 1 aliphatic rings. The zero-order valence-electron chi connectivity index (χ0n) is 9.65. The zero-order chi connectivity index (χ0) is 14.3. The maximum atomic E-state index is 12.2. The van der Waals surface area contributed by atoms with E-state index in [9.17, 15) is 18.3 Å². The Morgan fingerprint density at radius 1 is 1.37 bits per heavy atom. The predicted octanol–water partition coefficient (Wildman–Crippen LogP) is 2.73. The van der Waals surface area contributed by atoms with Gasteiger partial charge in [0.1, 0.15) is 14.8 Å². The van der Waals surface area contributed by atoms with Crippen LogP contribution in [0, 0.1) is 0 Å². The molecular weight excluding hydrogens is 333 g/mol. The minimum Gasteiger partial charge on any atom is -0.480 e. The van der Waals surface area contributed by atoms with E-state index in [-0.39, 0.29) is 26.4 Å². The molecule has 19 heavy (non-hydrogen) atoms. The third kappa shape index (κ3) is 2.90. The lowest BCUT2D eigenvalue weighted by atomic mass is 10.0. The normalized spacial score (nSPS) is 18.6. The van der Waals surface area contributed by atoms with Gasteiger partial charge in [0.15, 0.2) is 0 Å². The van der Waals surface area contributed by atoms with Gasteiger partial charge in [-0.3, -0.25) is 4.79 Å². The van der Waals surface area contributed by atoms with E-state index in [1.807, 2.05) is 0 Å². The molecule has 0 radical (unpaired) electrons. The van der Waals surface area contributed by atoms with E-state index in [0.29, 0.717) is 12.8 Å². The quantitative estimate of drug-likeness (QED) is 0.880. The summed E-state index contributed by atoms with van der Waals surface area (Å²) in [7, 11) is -3.99. The van der Waals surface area contributed by atoms with Crippen molar-refractivity contribution in [1.29, 1.82) is 0 Å². The van der Waals surface area contributed by atoms with E-state index in [0.717, 1.165) is 11.3 Å². The van der Waals surface area contributed by atoms with Gasteiger partial charge in [0.25, 0.3) is 0 Å². The lowest BCUT2D eigenvalue weighted by molar-refractivity contribution is -0.143. The Labute approximate surface area is 124 Å². The Bertz CT molecular complexity index is 605. The third-order valence-corrected chi connectivity index (χ3v) is 6.40. The van der Waals surface area contributed by atoms with Crippen molar-refractivity contribution in [2.45, 2.75) is 36.1 Å². The zero-order valence-corrected chi connectivity index (χ0v) is 12.8. The first-order chi connectivity index (χ1) is 8.77. The number of carboxylic acids is 1.